The molecule has 0 aliphatic heterocycles. The van der Waals surface area contributed by atoms with Crippen LogP contribution in [-0.2, 0) is 26.8 Å². The number of aryl methyl sites for hydroxylation is 1. The summed E-state index contributed by atoms with van der Waals surface area (Å²) in [4.78, 5) is 0. The number of nitrogens with zero attached hydrogens (tertiary/aromatic N) is 2. The van der Waals surface area contributed by atoms with Crippen LogP contribution in [0.2, 0.25) is 0 Å². The molecule has 1 heterocycles. The first-order valence-electron chi connectivity index (χ1n) is 2.12. The van der Waals surface area contributed by atoms with Gasteiger partial charge in [0.25, 0.3) is 0 Å². The van der Waals surface area contributed by atoms with Crippen molar-refractivity contribution in [2.75, 3.05) is 0 Å². The second-order valence-electron chi connectivity index (χ2n) is 1.14. The Morgan fingerprint density at radius 3 is 2.75 bits per heavy atom. The number of rotatable bonds is 1. The molecule has 0 amide bonds. The molecule has 1 aromatic heterocycles. The standard InChI is InChI=1S/C4H5N2S.Re/c1-2-4-6-5-3-7-4;/h2H2,1H3;/q-1;. The van der Waals surface area contributed by atoms with Crippen LogP contribution in [0.4, 0.5) is 0 Å². The topological polar surface area (TPSA) is 25.8 Å². The van der Waals surface area contributed by atoms with E-state index < -0.39 is 0 Å². The molecular weight excluding hydrogens is 294 g/mol. The second kappa shape index (κ2) is 4.14. The summed E-state index contributed by atoms with van der Waals surface area (Å²) in [6, 6.07) is 0. The molecule has 0 N–H and O–H groups in total. The third-order valence-corrected chi connectivity index (χ3v) is 1.45. The molecule has 0 saturated carbocycles. The van der Waals surface area contributed by atoms with Gasteiger partial charge in [-0.15, -0.1) is 0 Å². The normalized spacial score (nSPS) is 8.12. The molecule has 45 valence electrons. The van der Waals surface area contributed by atoms with Crippen molar-refractivity contribution in [2.24, 2.45) is 0 Å². The number of hydrogen-bond acceptors (Lipinski definition) is 3. The Morgan fingerprint density at radius 2 is 2.50 bits per heavy atom. The average Bonchev–Trinajstić information content (AvgIpc) is 2.14. The molecule has 2 nitrogen and oxygen atoms in total. The number of hydrogen-bond donors (Lipinski definition) is 0. The summed E-state index contributed by atoms with van der Waals surface area (Å²) < 4.78 is 0. The van der Waals surface area contributed by atoms with Crippen LogP contribution < -0.4 is 0 Å². The summed E-state index contributed by atoms with van der Waals surface area (Å²) in [5.41, 5.74) is 2.66. The zero-order valence-corrected chi connectivity index (χ0v) is 7.92. The predicted molar refractivity (Wildman–Crippen MR) is 28.1 cm³/mol. The van der Waals surface area contributed by atoms with Gasteiger partial charge >= 0.3 is 0 Å². The molecular formula is C4H5N2ReS-. The van der Waals surface area contributed by atoms with Crippen molar-refractivity contribution in [3.63, 3.8) is 0 Å². The Kier molecular flexibility index (Phi) is 4.25. The van der Waals surface area contributed by atoms with Gasteiger partial charge < -0.3 is 11.3 Å². The number of aromatic nitrogens is 2. The van der Waals surface area contributed by atoms with E-state index in [0.717, 1.165) is 11.4 Å². The van der Waals surface area contributed by atoms with Crippen LogP contribution in [0, 0.1) is 5.51 Å². The molecule has 0 aliphatic rings. The smallest absolute Gasteiger partial charge is 0 e. The van der Waals surface area contributed by atoms with Crippen LogP contribution in [0.15, 0.2) is 0 Å². The molecule has 0 spiro atoms. The molecule has 0 aromatic carbocycles. The van der Waals surface area contributed by atoms with Crippen LogP contribution in [0.25, 0.3) is 0 Å². The summed E-state index contributed by atoms with van der Waals surface area (Å²) in [7, 11) is 0. The van der Waals surface area contributed by atoms with Gasteiger partial charge in [0.15, 0.2) is 0 Å². The average molecular weight is 299 g/mol. The van der Waals surface area contributed by atoms with Crippen molar-refractivity contribution in [3.05, 3.63) is 10.5 Å². The monoisotopic (exact) mass is 300 g/mol. The first-order chi connectivity index (χ1) is 3.43. The summed E-state index contributed by atoms with van der Waals surface area (Å²) in [6.45, 7) is 2.05. The first kappa shape index (κ1) is 8.22. The van der Waals surface area contributed by atoms with E-state index in [1.807, 2.05) is 6.92 Å². The molecule has 0 saturated heterocycles. The first-order valence-corrected chi connectivity index (χ1v) is 2.93. The summed E-state index contributed by atoms with van der Waals surface area (Å²) in [5, 5.41) is 8.34. The molecule has 8 heavy (non-hydrogen) atoms. The van der Waals surface area contributed by atoms with Crippen LogP contribution >= 0.6 is 11.3 Å². The second-order valence-corrected chi connectivity index (χ2v) is 2.00. The molecule has 1 aromatic rings. The van der Waals surface area contributed by atoms with Crippen molar-refractivity contribution < 1.29 is 20.4 Å². The Morgan fingerprint density at radius 1 is 1.75 bits per heavy atom. The fourth-order valence-corrected chi connectivity index (χ4v) is 0.726. The van der Waals surface area contributed by atoms with Gasteiger partial charge in [-0.3, -0.25) is 10.2 Å². The van der Waals surface area contributed by atoms with Gasteiger partial charge in [-0.2, -0.15) is 0 Å². The van der Waals surface area contributed by atoms with Crippen LogP contribution in [0.3, 0.4) is 0 Å². The maximum atomic E-state index is 3.75. The molecule has 0 unspecified atom stereocenters. The van der Waals surface area contributed by atoms with Gasteiger partial charge in [0, 0.05) is 20.4 Å². The van der Waals surface area contributed by atoms with E-state index in [4.69, 9.17) is 0 Å². The molecule has 1 rings (SSSR count). The van der Waals surface area contributed by atoms with Crippen molar-refractivity contribution in [3.8, 4) is 0 Å². The Labute approximate surface area is 66.0 Å². The molecule has 4 heteroatoms. The van der Waals surface area contributed by atoms with E-state index in [1.165, 1.54) is 11.3 Å². The SMILES string of the molecule is CCc1nn[c-]s1.[Re]. The van der Waals surface area contributed by atoms with E-state index in [2.05, 4.69) is 15.7 Å². The zero-order chi connectivity index (χ0) is 5.11. The van der Waals surface area contributed by atoms with Gasteiger partial charge in [0.05, 0.1) is 0 Å². The van der Waals surface area contributed by atoms with E-state index >= 15 is 0 Å². The third kappa shape index (κ3) is 2.00. The van der Waals surface area contributed by atoms with Crippen molar-refractivity contribution in [1.82, 2.24) is 10.2 Å². The van der Waals surface area contributed by atoms with Crippen molar-refractivity contribution >= 4 is 11.3 Å². The fourth-order valence-electron chi connectivity index (χ4n) is 0.313. The van der Waals surface area contributed by atoms with Crippen molar-refractivity contribution in [1.29, 1.82) is 0 Å². The molecule has 0 atom stereocenters. The van der Waals surface area contributed by atoms with Crippen LogP contribution in [0.5, 0.6) is 0 Å². The Bertz CT molecular complexity index is 129. The van der Waals surface area contributed by atoms with Crippen LogP contribution in [0.1, 0.15) is 11.9 Å². The van der Waals surface area contributed by atoms with E-state index in [1.54, 1.807) is 0 Å². The quantitative estimate of drug-likeness (QED) is 0.720. The summed E-state index contributed by atoms with van der Waals surface area (Å²) in [6.07, 6.45) is 0.973. The maximum absolute atomic E-state index is 3.75. The summed E-state index contributed by atoms with van der Waals surface area (Å²) >= 11 is 1.48. The largest absolute Gasteiger partial charge is 0.316 e. The maximum Gasteiger partial charge on any atom is 0 e. The van der Waals surface area contributed by atoms with Gasteiger partial charge in [0.1, 0.15) is 0 Å². The molecule has 0 aliphatic carbocycles. The van der Waals surface area contributed by atoms with Gasteiger partial charge in [-0.25, -0.2) is 0 Å². The van der Waals surface area contributed by atoms with Crippen LogP contribution in [-0.4, -0.2) is 10.2 Å². The van der Waals surface area contributed by atoms with Crippen molar-refractivity contribution in [2.45, 2.75) is 13.3 Å². The summed E-state index contributed by atoms with van der Waals surface area (Å²) in [5.74, 6) is 0. The zero-order valence-electron chi connectivity index (χ0n) is 4.39. The minimum atomic E-state index is 0. The predicted octanol–water partition coefficient (Wildman–Crippen LogP) is 0.898. The minimum absolute atomic E-state index is 0. The van der Waals surface area contributed by atoms with E-state index in [-0.39, 0.29) is 20.4 Å². The van der Waals surface area contributed by atoms with Gasteiger partial charge in [-0.05, 0) is 5.01 Å². The molecule has 0 bridgehead atoms. The fraction of sp³-hybridized carbons (Fsp3) is 0.500. The van der Waals surface area contributed by atoms with E-state index in [0.29, 0.717) is 0 Å². The minimum Gasteiger partial charge on any atom is -0.316 e. The Balaban J connectivity index is 0.000000490. The third-order valence-electron chi connectivity index (χ3n) is 0.668. The molecule has 1 radical (unpaired) electrons. The Hall–Kier alpha value is 0.222. The van der Waals surface area contributed by atoms with Gasteiger partial charge in [-0.1, -0.05) is 18.9 Å². The van der Waals surface area contributed by atoms with E-state index in [9.17, 15) is 0 Å². The molecule has 0 fully saturated rings. The van der Waals surface area contributed by atoms with Gasteiger partial charge in [0.2, 0.25) is 0 Å².